The van der Waals surface area contributed by atoms with Gasteiger partial charge in [0.25, 0.3) is 0 Å². The number of piperidine rings is 1. The van der Waals surface area contributed by atoms with Gasteiger partial charge < -0.3 is 9.46 Å². The average molecular weight is 528 g/mol. The molecule has 194 valence electrons. The van der Waals surface area contributed by atoms with E-state index in [4.69, 9.17) is 0 Å². The van der Waals surface area contributed by atoms with Gasteiger partial charge in [0, 0.05) is 36.2 Å². The first-order chi connectivity index (χ1) is 17.5. The van der Waals surface area contributed by atoms with Gasteiger partial charge in [0.2, 0.25) is 5.91 Å². The largest absolute Gasteiger partial charge is 0.319 e. The second-order valence-electron chi connectivity index (χ2n) is 9.97. The van der Waals surface area contributed by atoms with E-state index >= 15 is 8.78 Å². The maximum absolute atomic E-state index is 15.3. The van der Waals surface area contributed by atoms with Crippen LogP contribution >= 0.6 is 7.14 Å². The summed E-state index contributed by atoms with van der Waals surface area (Å²) >= 11 is 0. The smallest absolute Gasteiger partial charge is 0.230 e. The normalized spacial score (nSPS) is 16.2. The monoisotopic (exact) mass is 527 g/mol. The van der Waals surface area contributed by atoms with Crippen LogP contribution < -0.4 is 10.2 Å². The number of ketones is 1. The van der Waals surface area contributed by atoms with Crippen LogP contribution in [-0.2, 0) is 20.6 Å². The van der Waals surface area contributed by atoms with Gasteiger partial charge in [-0.15, -0.1) is 0 Å². The first-order valence-corrected chi connectivity index (χ1v) is 14.8. The van der Waals surface area contributed by atoms with Crippen molar-refractivity contribution in [1.29, 1.82) is 0 Å². The number of halogens is 3. The van der Waals surface area contributed by atoms with Crippen LogP contribution in [-0.4, -0.2) is 31.6 Å². The van der Waals surface area contributed by atoms with Gasteiger partial charge in [0.1, 0.15) is 18.7 Å². The predicted molar refractivity (Wildman–Crippen MR) is 140 cm³/mol. The summed E-state index contributed by atoms with van der Waals surface area (Å²) in [4.78, 5) is 27.0. The van der Waals surface area contributed by atoms with Crippen LogP contribution in [0.2, 0.25) is 0 Å². The quantitative estimate of drug-likeness (QED) is 0.340. The van der Waals surface area contributed by atoms with Gasteiger partial charge in [0.05, 0.1) is 5.69 Å². The fourth-order valence-corrected chi connectivity index (χ4v) is 6.08. The summed E-state index contributed by atoms with van der Waals surface area (Å²) in [6.45, 7) is 5.08. The van der Waals surface area contributed by atoms with Gasteiger partial charge in [-0.1, -0.05) is 36.4 Å². The number of carbonyl (C=O) groups excluding carboxylic acids is 2. The average Bonchev–Trinajstić information content (AvgIpc) is 2.84. The number of amides is 1. The Hall–Kier alpha value is -3.18. The zero-order valence-corrected chi connectivity index (χ0v) is 22.0. The van der Waals surface area contributed by atoms with E-state index in [1.807, 2.05) is 0 Å². The molecule has 0 saturated carbocycles. The molecule has 1 saturated heterocycles. The molecular weight excluding hydrogens is 498 g/mol. The standard InChI is InChI=1S/C29H29F3NO3P/c1-18-10-11-19(24(30)15-18)16-21(34)17-20-7-6-14-33(29(20)35)25-13-12-23(27(31)28(25)32)22-8-4-5-9-26(22)37(2,3)36/h4-5,8-13,15,20H,6-7,14,16-17H2,1-3H3/t20-/m0/s1. The third-order valence-corrected chi connectivity index (χ3v) is 8.30. The van der Waals surface area contributed by atoms with E-state index in [2.05, 4.69) is 0 Å². The van der Waals surface area contributed by atoms with Crippen LogP contribution in [0.4, 0.5) is 18.9 Å². The zero-order chi connectivity index (χ0) is 26.9. The molecule has 0 unspecified atom stereocenters. The lowest BCUT2D eigenvalue weighted by Crippen LogP contribution is -2.42. The van der Waals surface area contributed by atoms with Gasteiger partial charge >= 0.3 is 0 Å². The molecule has 1 atom stereocenters. The van der Waals surface area contributed by atoms with Gasteiger partial charge in [-0.2, -0.15) is 0 Å². The van der Waals surface area contributed by atoms with Crippen molar-refractivity contribution < 1.29 is 27.3 Å². The van der Waals surface area contributed by atoms with Crippen LogP contribution in [0.1, 0.15) is 30.4 Å². The number of hydrogen-bond acceptors (Lipinski definition) is 3. The molecule has 0 aromatic heterocycles. The molecule has 0 bridgehead atoms. The Morgan fingerprint density at radius 3 is 2.43 bits per heavy atom. The SMILES string of the molecule is Cc1ccc(CC(=O)C[C@@H]2CCCN(c3ccc(-c4ccccc4P(C)(C)=O)c(F)c3F)C2=O)c(F)c1. The minimum atomic E-state index is -2.77. The zero-order valence-electron chi connectivity index (χ0n) is 21.1. The first-order valence-electron chi connectivity index (χ1n) is 12.2. The number of benzene rings is 3. The minimum Gasteiger partial charge on any atom is -0.319 e. The maximum atomic E-state index is 15.3. The summed E-state index contributed by atoms with van der Waals surface area (Å²) in [5, 5.41) is 0.443. The second kappa shape index (κ2) is 10.7. The summed E-state index contributed by atoms with van der Waals surface area (Å²) in [7, 11) is -2.77. The number of carbonyl (C=O) groups is 2. The van der Waals surface area contributed by atoms with Gasteiger partial charge in [-0.05, 0) is 68.0 Å². The van der Waals surface area contributed by atoms with E-state index in [0.29, 0.717) is 23.7 Å². The summed E-state index contributed by atoms with van der Waals surface area (Å²) in [5.41, 5.74) is 1.13. The minimum absolute atomic E-state index is 0.0305. The number of nitrogens with zero attached hydrogens (tertiary/aromatic N) is 1. The molecule has 1 amide bonds. The van der Waals surface area contributed by atoms with Crippen molar-refractivity contribution in [2.24, 2.45) is 5.92 Å². The van der Waals surface area contributed by atoms with Crippen molar-refractivity contribution in [3.05, 3.63) is 83.2 Å². The molecule has 0 radical (unpaired) electrons. The Bertz CT molecular complexity index is 1420. The third-order valence-electron chi connectivity index (χ3n) is 6.75. The lowest BCUT2D eigenvalue weighted by molar-refractivity contribution is -0.128. The van der Waals surface area contributed by atoms with Crippen molar-refractivity contribution in [1.82, 2.24) is 0 Å². The molecule has 0 aliphatic carbocycles. The van der Waals surface area contributed by atoms with Gasteiger partial charge in [-0.25, -0.2) is 13.2 Å². The van der Waals surface area contributed by atoms with Gasteiger partial charge in [0.15, 0.2) is 11.6 Å². The topological polar surface area (TPSA) is 54.5 Å². The van der Waals surface area contributed by atoms with Crippen molar-refractivity contribution in [3.8, 4) is 11.1 Å². The van der Waals surface area contributed by atoms with Crippen LogP contribution in [0.25, 0.3) is 11.1 Å². The van der Waals surface area contributed by atoms with E-state index in [-0.39, 0.29) is 42.0 Å². The Balaban J connectivity index is 1.56. The van der Waals surface area contributed by atoms with E-state index in [0.717, 1.165) is 5.56 Å². The Kier molecular flexibility index (Phi) is 7.75. The number of hydrogen-bond donors (Lipinski definition) is 0. The van der Waals surface area contributed by atoms with Crippen molar-refractivity contribution in [3.63, 3.8) is 0 Å². The summed E-state index contributed by atoms with van der Waals surface area (Å²) in [6.07, 6.45) is 0.727. The highest BCUT2D eigenvalue weighted by atomic mass is 31.2. The molecule has 37 heavy (non-hydrogen) atoms. The van der Waals surface area contributed by atoms with E-state index in [1.54, 1.807) is 56.7 Å². The third kappa shape index (κ3) is 5.72. The summed E-state index contributed by atoms with van der Waals surface area (Å²) < 4.78 is 57.5. The number of rotatable bonds is 7. The van der Waals surface area contributed by atoms with E-state index in [1.165, 1.54) is 23.1 Å². The second-order valence-corrected chi connectivity index (χ2v) is 13.2. The molecule has 1 aliphatic heterocycles. The fourth-order valence-electron chi connectivity index (χ4n) is 4.86. The van der Waals surface area contributed by atoms with Crippen molar-refractivity contribution >= 4 is 29.8 Å². The highest BCUT2D eigenvalue weighted by molar-refractivity contribution is 7.70. The highest BCUT2D eigenvalue weighted by Gasteiger charge is 2.34. The Morgan fingerprint density at radius 2 is 1.73 bits per heavy atom. The molecule has 1 heterocycles. The number of anilines is 1. The molecule has 8 heteroatoms. The first kappa shape index (κ1) is 26.9. The highest BCUT2D eigenvalue weighted by Crippen LogP contribution is 2.41. The molecule has 0 N–H and O–H groups in total. The van der Waals surface area contributed by atoms with Crippen LogP contribution in [0.15, 0.2) is 54.6 Å². The van der Waals surface area contributed by atoms with Crippen LogP contribution in [0, 0.1) is 30.3 Å². The summed E-state index contributed by atoms with van der Waals surface area (Å²) in [5.74, 6) is -4.20. The molecule has 1 fully saturated rings. The van der Waals surface area contributed by atoms with Crippen molar-refractivity contribution in [2.45, 2.75) is 32.6 Å². The fraction of sp³-hybridized carbons (Fsp3) is 0.310. The Morgan fingerprint density at radius 1 is 1.00 bits per heavy atom. The number of Topliss-reactive ketones (excluding diaryl/α,β-unsaturated/α-hetero) is 1. The van der Waals surface area contributed by atoms with Crippen LogP contribution in [0.5, 0.6) is 0 Å². The van der Waals surface area contributed by atoms with Crippen LogP contribution in [0.3, 0.4) is 0 Å². The maximum Gasteiger partial charge on any atom is 0.230 e. The molecular formula is C29H29F3NO3P. The van der Waals surface area contributed by atoms with Crippen molar-refractivity contribution in [2.75, 3.05) is 24.8 Å². The number of aryl methyl sites for hydroxylation is 1. The molecule has 3 aromatic rings. The summed E-state index contributed by atoms with van der Waals surface area (Å²) in [6, 6.07) is 14.0. The molecule has 0 spiro atoms. The molecule has 4 nitrogen and oxygen atoms in total. The van der Waals surface area contributed by atoms with Gasteiger partial charge in [-0.3, -0.25) is 9.59 Å². The lowest BCUT2D eigenvalue weighted by atomic mass is 9.89. The molecule has 4 rings (SSSR count). The Labute approximate surface area is 214 Å². The predicted octanol–water partition coefficient (Wildman–Crippen LogP) is 6.27. The van der Waals surface area contributed by atoms with E-state index in [9.17, 15) is 18.5 Å². The molecule has 3 aromatic carbocycles. The lowest BCUT2D eigenvalue weighted by Gasteiger charge is -2.32. The van der Waals surface area contributed by atoms with E-state index < -0.39 is 36.4 Å². The molecule has 1 aliphatic rings.